The Kier molecular flexibility index (Phi) is 7.20. The van der Waals surface area contributed by atoms with Crippen molar-refractivity contribution in [3.8, 4) is 27.9 Å². The summed E-state index contributed by atoms with van der Waals surface area (Å²) in [5.74, 6) is 0. The highest BCUT2D eigenvalue weighted by atomic mass is 16.3. The largest absolute Gasteiger partial charge is 0.456 e. The van der Waals surface area contributed by atoms with Gasteiger partial charge in [0.05, 0.1) is 10.9 Å². The number of para-hydroxylation sites is 3. The SMILES string of the molecule is c1ccc(-n2c3cc(-c4ccc(N(c5ccc(-c6cccc7ccccc67)cc5)c5ccc6c(c5)oc5ccccc56)cc4)ccc3c3c4ccccc4oc32)cc1. The molecule has 0 N–H and O–H groups in total. The fourth-order valence-electron chi connectivity index (χ4n) is 8.87. The van der Waals surface area contributed by atoms with Crippen LogP contribution >= 0.6 is 0 Å². The van der Waals surface area contributed by atoms with Crippen molar-refractivity contribution in [1.82, 2.24) is 4.57 Å². The molecule has 0 atom stereocenters. The lowest BCUT2D eigenvalue weighted by molar-refractivity contribution is 0.645. The number of hydrogen-bond acceptors (Lipinski definition) is 3. The Labute approximate surface area is 334 Å². The molecule has 0 spiro atoms. The summed E-state index contributed by atoms with van der Waals surface area (Å²) in [5.41, 5.74) is 13.5. The molecule has 272 valence electrons. The van der Waals surface area contributed by atoms with Gasteiger partial charge in [0.1, 0.15) is 16.7 Å². The third-order valence-corrected chi connectivity index (χ3v) is 11.6. The lowest BCUT2D eigenvalue weighted by atomic mass is 9.98. The quantitative estimate of drug-likeness (QED) is 0.170. The van der Waals surface area contributed by atoms with E-state index in [9.17, 15) is 0 Å². The molecule has 3 heterocycles. The summed E-state index contributed by atoms with van der Waals surface area (Å²) in [4.78, 5) is 2.31. The minimum atomic E-state index is 0.860. The van der Waals surface area contributed by atoms with Crippen LogP contribution in [0.25, 0.3) is 93.6 Å². The van der Waals surface area contributed by atoms with Gasteiger partial charge in [-0.2, -0.15) is 0 Å². The van der Waals surface area contributed by atoms with Crippen molar-refractivity contribution >= 4 is 82.7 Å². The van der Waals surface area contributed by atoms with E-state index in [1.54, 1.807) is 0 Å². The number of aromatic nitrogens is 1. The molecule has 0 saturated heterocycles. The van der Waals surface area contributed by atoms with Crippen LogP contribution in [0.1, 0.15) is 0 Å². The summed E-state index contributed by atoms with van der Waals surface area (Å²) in [7, 11) is 0. The van der Waals surface area contributed by atoms with Crippen molar-refractivity contribution in [2.45, 2.75) is 0 Å². The zero-order valence-corrected chi connectivity index (χ0v) is 31.3. The summed E-state index contributed by atoms with van der Waals surface area (Å²) >= 11 is 0. The second-order valence-corrected chi connectivity index (χ2v) is 14.9. The molecule has 58 heavy (non-hydrogen) atoms. The molecule has 3 aromatic heterocycles. The Morgan fingerprint density at radius 1 is 0.362 bits per heavy atom. The van der Waals surface area contributed by atoms with Gasteiger partial charge < -0.3 is 13.7 Å². The maximum Gasteiger partial charge on any atom is 0.213 e. The van der Waals surface area contributed by atoms with E-state index in [1.165, 1.54) is 27.3 Å². The van der Waals surface area contributed by atoms with Gasteiger partial charge in [-0.05, 0) is 99.8 Å². The molecule has 0 aliphatic heterocycles. The van der Waals surface area contributed by atoms with E-state index in [-0.39, 0.29) is 0 Å². The molecule has 4 heteroatoms. The van der Waals surface area contributed by atoms with E-state index in [4.69, 9.17) is 8.83 Å². The average Bonchev–Trinajstić information content (AvgIpc) is 3.95. The third kappa shape index (κ3) is 5.09. The predicted molar refractivity (Wildman–Crippen MR) is 241 cm³/mol. The fraction of sp³-hybridized carbons (Fsp3) is 0. The lowest BCUT2D eigenvalue weighted by Crippen LogP contribution is -2.09. The van der Waals surface area contributed by atoms with Gasteiger partial charge in [0, 0.05) is 50.4 Å². The molecule has 0 aliphatic rings. The Hall–Kier alpha value is -7.82. The van der Waals surface area contributed by atoms with Gasteiger partial charge in [-0.25, -0.2) is 0 Å². The van der Waals surface area contributed by atoms with Gasteiger partial charge >= 0.3 is 0 Å². The van der Waals surface area contributed by atoms with E-state index >= 15 is 0 Å². The molecule has 12 rings (SSSR count). The summed E-state index contributed by atoms with van der Waals surface area (Å²) in [5, 5.41) is 8.15. The van der Waals surface area contributed by atoms with E-state index in [0.717, 1.165) is 83.4 Å². The molecular formula is C54H34N2O2. The van der Waals surface area contributed by atoms with Crippen molar-refractivity contribution in [2.24, 2.45) is 0 Å². The number of hydrogen-bond donors (Lipinski definition) is 0. The smallest absolute Gasteiger partial charge is 0.213 e. The van der Waals surface area contributed by atoms with Crippen LogP contribution < -0.4 is 4.90 Å². The first-order valence-corrected chi connectivity index (χ1v) is 19.7. The van der Waals surface area contributed by atoms with Crippen LogP contribution in [0.3, 0.4) is 0 Å². The van der Waals surface area contributed by atoms with Gasteiger partial charge in [-0.15, -0.1) is 0 Å². The van der Waals surface area contributed by atoms with Crippen LogP contribution in [0.2, 0.25) is 0 Å². The van der Waals surface area contributed by atoms with E-state index in [0.29, 0.717) is 0 Å². The standard InChI is InChI=1S/C54H34N2O2/c1-2-13-39(14-3-1)56-49-33-38(25-31-47(49)53-48-17-7-9-20-51(48)58-54(53)56)35-21-26-40(27-22-35)55(42-30-32-46-45-16-6-8-19-50(45)57-52(46)34-42)41-28-23-37(24-29-41)44-18-10-12-36-11-4-5-15-43(36)44/h1-34H. The van der Waals surface area contributed by atoms with Crippen LogP contribution in [0.4, 0.5) is 17.1 Å². The first kappa shape index (κ1) is 32.4. The number of benzene rings is 9. The second-order valence-electron chi connectivity index (χ2n) is 14.9. The molecule has 0 saturated carbocycles. The molecule has 0 unspecified atom stereocenters. The number of fused-ring (bicyclic) bond motifs is 9. The van der Waals surface area contributed by atoms with Crippen LogP contribution in [-0.4, -0.2) is 4.57 Å². The Bertz CT molecular complexity index is 3490. The highest BCUT2D eigenvalue weighted by Crippen LogP contribution is 2.43. The van der Waals surface area contributed by atoms with Crippen molar-refractivity contribution < 1.29 is 8.83 Å². The first-order valence-electron chi connectivity index (χ1n) is 19.7. The van der Waals surface area contributed by atoms with Crippen LogP contribution in [-0.2, 0) is 0 Å². The molecule has 0 amide bonds. The normalized spacial score (nSPS) is 11.8. The fourth-order valence-corrected chi connectivity index (χ4v) is 8.87. The maximum absolute atomic E-state index is 6.54. The maximum atomic E-state index is 6.54. The molecular weight excluding hydrogens is 709 g/mol. The van der Waals surface area contributed by atoms with E-state index in [2.05, 4.69) is 191 Å². The van der Waals surface area contributed by atoms with Crippen molar-refractivity contribution in [1.29, 1.82) is 0 Å². The van der Waals surface area contributed by atoms with Gasteiger partial charge in [-0.3, -0.25) is 4.57 Å². The molecule has 4 nitrogen and oxygen atoms in total. The second kappa shape index (κ2) is 12.9. The third-order valence-electron chi connectivity index (χ3n) is 11.6. The molecule has 9 aromatic carbocycles. The zero-order valence-electron chi connectivity index (χ0n) is 31.3. The molecule has 0 bridgehead atoms. The molecule has 12 aromatic rings. The Balaban J connectivity index is 0.976. The Morgan fingerprint density at radius 2 is 0.948 bits per heavy atom. The molecule has 0 radical (unpaired) electrons. The average molecular weight is 743 g/mol. The number of nitrogens with zero attached hydrogens (tertiary/aromatic N) is 2. The first-order chi connectivity index (χ1) is 28.7. The van der Waals surface area contributed by atoms with E-state index < -0.39 is 0 Å². The number of anilines is 3. The minimum Gasteiger partial charge on any atom is -0.456 e. The summed E-state index contributed by atoms with van der Waals surface area (Å²) in [6.45, 7) is 0. The van der Waals surface area contributed by atoms with Crippen LogP contribution in [0, 0.1) is 0 Å². The zero-order chi connectivity index (χ0) is 38.2. The van der Waals surface area contributed by atoms with Gasteiger partial charge in [0.2, 0.25) is 5.71 Å². The lowest BCUT2D eigenvalue weighted by Gasteiger charge is -2.26. The minimum absolute atomic E-state index is 0.860. The van der Waals surface area contributed by atoms with Crippen molar-refractivity contribution in [3.05, 3.63) is 206 Å². The van der Waals surface area contributed by atoms with Crippen LogP contribution in [0.5, 0.6) is 0 Å². The van der Waals surface area contributed by atoms with E-state index in [1.807, 2.05) is 24.3 Å². The van der Waals surface area contributed by atoms with Crippen molar-refractivity contribution in [3.63, 3.8) is 0 Å². The monoisotopic (exact) mass is 742 g/mol. The van der Waals surface area contributed by atoms with Gasteiger partial charge in [0.25, 0.3) is 0 Å². The number of furan rings is 2. The predicted octanol–water partition coefficient (Wildman–Crippen LogP) is 15.4. The molecule has 0 fully saturated rings. The van der Waals surface area contributed by atoms with Gasteiger partial charge in [0.15, 0.2) is 0 Å². The summed E-state index contributed by atoms with van der Waals surface area (Å²) in [6.07, 6.45) is 0. The van der Waals surface area contributed by atoms with Crippen molar-refractivity contribution in [2.75, 3.05) is 4.90 Å². The number of rotatable bonds is 6. The summed E-state index contributed by atoms with van der Waals surface area (Å²) in [6, 6.07) is 73.2. The highest BCUT2D eigenvalue weighted by molar-refractivity contribution is 6.20. The Morgan fingerprint density at radius 3 is 1.74 bits per heavy atom. The highest BCUT2D eigenvalue weighted by Gasteiger charge is 2.21. The topological polar surface area (TPSA) is 34.5 Å². The van der Waals surface area contributed by atoms with Crippen LogP contribution in [0.15, 0.2) is 215 Å². The molecule has 0 aliphatic carbocycles. The summed E-state index contributed by atoms with van der Waals surface area (Å²) < 4.78 is 15.2. The van der Waals surface area contributed by atoms with Gasteiger partial charge in [-0.1, -0.05) is 133 Å².